The second-order valence-electron chi connectivity index (χ2n) is 4.28. The largest absolute Gasteiger partial charge is 0.393 e. The quantitative estimate of drug-likeness (QED) is 0.831. The highest BCUT2D eigenvalue weighted by Gasteiger charge is 2.11. The lowest BCUT2D eigenvalue weighted by Gasteiger charge is -2.15. The van der Waals surface area contributed by atoms with Crippen LogP contribution in [-0.2, 0) is 11.2 Å². The Hall–Kier alpha value is -0.570. The van der Waals surface area contributed by atoms with Crippen LogP contribution in [0.4, 0.5) is 0 Å². The van der Waals surface area contributed by atoms with Crippen molar-refractivity contribution in [3.63, 3.8) is 0 Å². The fourth-order valence-electron chi connectivity index (χ4n) is 1.84. The smallest absolute Gasteiger partial charge is 0.0584 e. The van der Waals surface area contributed by atoms with Gasteiger partial charge in [-0.1, -0.05) is 30.7 Å². The summed E-state index contributed by atoms with van der Waals surface area (Å²) in [5.74, 6) is 0.374. The third-order valence-electron chi connectivity index (χ3n) is 2.49. The first-order valence-electron chi connectivity index (χ1n) is 5.53. The summed E-state index contributed by atoms with van der Waals surface area (Å²) in [5, 5.41) is 10.6. The van der Waals surface area contributed by atoms with Crippen LogP contribution in [0.2, 0.25) is 5.02 Å². The molecule has 90 valence electrons. The topological polar surface area (TPSA) is 29.5 Å². The second kappa shape index (κ2) is 6.89. The lowest BCUT2D eigenvalue weighted by Crippen LogP contribution is -2.17. The van der Waals surface area contributed by atoms with E-state index in [-0.39, 0.29) is 6.10 Å². The number of aliphatic hydroxyl groups excluding tert-OH is 1. The van der Waals surface area contributed by atoms with Crippen LogP contribution >= 0.6 is 11.6 Å². The first kappa shape index (κ1) is 13.5. The van der Waals surface area contributed by atoms with Gasteiger partial charge in [0.05, 0.1) is 6.10 Å². The molecule has 0 aliphatic heterocycles. The Morgan fingerprint density at radius 1 is 1.44 bits per heavy atom. The molecule has 1 aromatic rings. The van der Waals surface area contributed by atoms with Gasteiger partial charge in [-0.25, -0.2) is 0 Å². The number of hydrogen-bond donors (Lipinski definition) is 1. The second-order valence-corrected chi connectivity index (χ2v) is 4.72. The number of aliphatic hydroxyl groups is 1. The number of halogens is 1. The number of methoxy groups -OCH3 is 1. The van der Waals surface area contributed by atoms with Crippen molar-refractivity contribution in [2.24, 2.45) is 5.92 Å². The molecule has 0 aromatic heterocycles. The molecule has 0 fully saturated rings. The van der Waals surface area contributed by atoms with E-state index in [2.05, 4.69) is 6.92 Å². The van der Waals surface area contributed by atoms with Gasteiger partial charge < -0.3 is 9.84 Å². The van der Waals surface area contributed by atoms with Gasteiger partial charge >= 0.3 is 0 Å². The molecule has 2 nitrogen and oxygen atoms in total. The standard InChI is InChI=1S/C13H19ClO2/c1-10(9-16-2)6-13(15)8-11-4-3-5-12(14)7-11/h3-5,7,10,13,15H,6,8-9H2,1-2H3. The van der Waals surface area contributed by atoms with E-state index in [0.717, 1.165) is 17.0 Å². The van der Waals surface area contributed by atoms with Gasteiger partial charge in [-0.3, -0.25) is 0 Å². The van der Waals surface area contributed by atoms with E-state index in [1.807, 2.05) is 24.3 Å². The molecule has 16 heavy (non-hydrogen) atoms. The van der Waals surface area contributed by atoms with E-state index in [1.165, 1.54) is 0 Å². The summed E-state index contributed by atoms with van der Waals surface area (Å²) in [6, 6.07) is 7.62. The molecule has 2 atom stereocenters. The predicted octanol–water partition coefficient (Wildman–Crippen LogP) is 2.92. The highest BCUT2D eigenvalue weighted by Crippen LogP contribution is 2.15. The summed E-state index contributed by atoms with van der Waals surface area (Å²) in [6.45, 7) is 2.76. The van der Waals surface area contributed by atoms with Crippen LogP contribution < -0.4 is 0 Å². The Bertz CT molecular complexity index is 315. The van der Waals surface area contributed by atoms with E-state index in [4.69, 9.17) is 16.3 Å². The van der Waals surface area contributed by atoms with Crippen molar-refractivity contribution in [3.8, 4) is 0 Å². The Labute approximate surface area is 102 Å². The van der Waals surface area contributed by atoms with Crippen molar-refractivity contribution in [2.45, 2.75) is 25.9 Å². The third kappa shape index (κ3) is 4.97. The molecule has 3 heteroatoms. The highest BCUT2D eigenvalue weighted by atomic mass is 35.5. The Balaban J connectivity index is 2.42. The van der Waals surface area contributed by atoms with Crippen LogP contribution in [-0.4, -0.2) is 24.9 Å². The molecule has 0 aliphatic rings. The first-order valence-corrected chi connectivity index (χ1v) is 5.91. The molecular formula is C13H19ClO2. The predicted molar refractivity (Wildman–Crippen MR) is 66.8 cm³/mol. The number of rotatable bonds is 6. The van der Waals surface area contributed by atoms with Crippen molar-refractivity contribution in [1.82, 2.24) is 0 Å². The van der Waals surface area contributed by atoms with Gasteiger partial charge in [0.15, 0.2) is 0 Å². The summed E-state index contributed by atoms with van der Waals surface area (Å²) >= 11 is 5.88. The van der Waals surface area contributed by atoms with Crippen LogP contribution in [0.15, 0.2) is 24.3 Å². The van der Waals surface area contributed by atoms with Crippen molar-refractivity contribution >= 4 is 11.6 Å². The molecule has 2 unspecified atom stereocenters. The minimum absolute atomic E-state index is 0.330. The zero-order valence-electron chi connectivity index (χ0n) is 9.82. The first-order chi connectivity index (χ1) is 7.61. The van der Waals surface area contributed by atoms with Gasteiger partial charge in [-0.15, -0.1) is 0 Å². The summed E-state index contributed by atoms with van der Waals surface area (Å²) in [6.07, 6.45) is 1.07. The number of benzene rings is 1. The molecule has 0 amide bonds. The van der Waals surface area contributed by atoms with E-state index in [0.29, 0.717) is 18.9 Å². The average molecular weight is 243 g/mol. The highest BCUT2D eigenvalue weighted by molar-refractivity contribution is 6.30. The van der Waals surface area contributed by atoms with Gasteiger partial charge in [-0.05, 0) is 36.5 Å². The van der Waals surface area contributed by atoms with Crippen molar-refractivity contribution in [2.75, 3.05) is 13.7 Å². The lowest BCUT2D eigenvalue weighted by atomic mass is 9.99. The molecule has 0 bridgehead atoms. The molecule has 1 N–H and O–H groups in total. The zero-order valence-corrected chi connectivity index (χ0v) is 10.6. The van der Waals surface area contributed by atoms with Crippen LogP contribution in [0.1, 0.15) is 18.9 Å². The minimum atomic E-state index is -0.330. The van der Waals surface area contributed by atoms with Crippen LogP contribution in [0.5, 0.6) is 0 Å². The van der Waals surface area contributed by atoms with Gasteiger partial charge in [0.25, 0.3) is 0 Å². The van der Waals surface area contributed by atoms with E-state index >= 15 is 0 Å². The molecule has 0 heterocycles. The Morgan fingerprint density at radius 2 is 2.19 bits per heavy atom. The molecule has 0 saturated carbocycles. The Kier molecular flexibility index (Phi) is 5.81. The Morgan fingerprint density at radius 3 is 2.81 bits per heavy atom. The normalized spacial score (nSPS) is 14.8. The van der Waals surface area contributed by atoms with Gasteiger partial charge in [0, 0.05) is 18.7 Å². The lowest BCUT2D eigenvalue weighted by molar-refractivity contribution is 0.102. The van der Waals surface area contributed by atoms with E-state index < -0.39 is 0 Å². The summed E-state index contributed by atoms with van der Waals surface area (Å²) < 4.78 is 5.04. The average Bonchev–Trinajstić information content (AvgIpc) is 2.17. The third-order valence-corrected chi connectivity index (χ3v) is 2.72. The van der Waals surface area contributed by atoms with Gasteiger partial charge in [0.2, 0.25) is 0 Å². The van der Waals surface area contributed by atoms with E-state index in [1.54, 1.807) is 7.11 Å². The molecule has 1 rings (SSSR count). The van der Waals surface area contributed by atoms with Crippen LogP contribution in [0.3, 0.4) is 0 Å². The minimum Gasteiger partial charge on any atom is -0.393 e. The molecule has 0 radical (unpaired) electrons. The molecule has 1 aromatic carbocycles. The number of ether oxygens (including phenoxy) is 1. The van der Waals surface area contributed by atoms with Crippen molar-refractivity contribution < 1.29 is 9.84 Å². The summed E-state index contributed by atoms with van der Waals surface area (Å²) in [5.41, 5.74) is 1.07. The fourth-order valence-corrected chi connectivity index (χ4v) is 2.05. The zero-order chi connectivity index (χ0) is 12.0. The van der Waals surface area contributed by atoms with Crippen molar-refractivity contribution in [1.29, 1.82) is 0 Å². The van der Waals surface area contributed by atoms with Crippen LogP contribution in [0.25, 0.3) is 0 Å². The molecule has 0 aliphatic carbocycles. The fraction of sp³-hybridized carbons (Fsp3) is 0.538. The van der Waals surface area contributed by atoms with Gasteiger partial charge in [-0.2, -0.15) is 0 Å². The SMILES string of the molecule is COCC(C)CC(O)Cc1cccc(Cl)c1. The molecular weight excluding hydrogens is 224 g/mol. The van der Waals surface area contributed by atoms with Gasteiger partial charge in [0.1, 0.15) is 0 Å². The maximum Gasteiger partial charge on any atom is 0.0584 e. The molecule has 0 spiro atoms. The van der Waals surface area contributed by atoms with E-state index in [9.17, 15) is 5.11 Å². The van der Waals surface area contributed by atoms with Crippen molar-refractivity contribution in [3.05, 3.63) is 34.9 Å². The molecule has 0 saturated heterocycles. The van der Waals surface area contributed by atoms with Crippen LogP contribution in [0, 0.1) is 5.92 Å². The summed E-state index contributed by atoms with van der Waals surface area (Å²) in [4.78, 5) is 0. The maximum absolute atomic E-state index is 9.89. The maximum atomic E-state index is 9.89. The number of hydrogen-bond acceptors (Lipinski definition) is 2. The monoisotopic (exact) mass is 242 g/mol. The summed E-state index contributed by atoms with van der Waals surface area (Å²) in [7, 11) is 1.68.